The first-order valence-corrected chi connectivity index (χ1v) is 8.69. The number of para-hydroxylation sites is 1. The van der Waals surface area contributed by atoms with E-state index in [0.29, 0.717) is 12.8 Å². The predicted octanol–water partition coefficient (Wildman–Crippen LogP) is 2.01. The molecule has 4 N–H and O–H groups in total. The molecule has 3 rings (SSSR count). The lowest BCUT2D eigenvalue weighted by Gasteiger charge is -2.26. The summed E-state index contributed by atoms with van der Waals surface area (Å²) in [4.78, 5) is 24.2. The Bertz CT molecular complexity index is 792. The molecule has 0 spiro atoms. The van der Waals surface area contributed by atoms with Crippen molar-refractivity contribution in [2.24, 2.45) is 11.7 Å². The fourth-order valence-electron chi connectivity index (χ4n) is 3.16. The molecule has 6 heteroatoms. The van der Waals surface area contributed by atoms with Gasteiger partial charge >= 0.3 is 0 Å². The Kier molecular flexibility index (Phi) is 5.51. The number of primary amides is 1. The highest BCUT2D eigenvalue weighted by molar-refractivity contribution is 5.86. The van der Waals surface area contributed by atoms with Gasteiger partial charge in [0.05, 0.1) is 5.92 Å². The van der Waals surface area contributed by atoms with Crippen LogP contribution in [0.25, 0.3) is 0 Å². The van der Waals surface area contributed by atoms with E-state index in [0.717, 1.165) is 17.7 Å². The van der Waals surface area contributed by atoms with Gasteiger partial charge in [-0.15, -0.1) is 0 Å². The number of rotatable bonds is 6. The molecule has 2 aromatic rings. The Morgan fingerprint density at radius 1 is 1.19 bits per heavy atom. The van der Waals surface area contributed by atoms with Crippen LogP contribution in [0.5, 0.6) is 0 Å². The van der Waals surface area contributed by atoms with E-state index in [1.165, 1.54) is 17.7 Å². The van der Waals surface area contributed by atoms with Crippen LogP contribution >= 0.6 is 0 Å². The van der Waals surface area contributed by atoms with Crippen molar-refractivity contribution >= 4 is 17.5 Å². The summed E-state index contributed by atoms with van der Waals surface area (Å²) < 4.78 is 13.0. The predicted molar refractivity (Wildman–Crippen MR) is 98.0 cm³/mol. The third kappa shape index (κ3) is 4.39. The molecule has 0 aliphatic carbocycles. The van der Waals surface area contributed by atoms with E-state index < -0.39 is 11.8 Å². The highest BCUT2D eigenvalue weighted by Crippen LogP contribution is 2.24. The molecule has 0 aromatic heterocycles. The van der Waals surface area contributed by atoms with Gasteiger partial charge in [0.15, 0.2) is 0 Å². The zero-order valence-corrected chi connectivity index (χ0v) is 14.4. The number of aryl methyl sites for hydroxylation is 1. The van der Waals surface area contributed by atoms with Crippen molar-refractivity contribution in [1.82, 2.24) is 5.32 Å². The molecule has 5 nitrogen and oxygen atoms in total. The lowest BCUT2D eigenvalue weighted by atomic mass is 9.96. The number of anilines is 1. The quantitative estimate of drug-likeness (QED) is 0.741. The van der Waals surface area contributed by atoms with E-state index in [1.54, 1.807) is 12.1 Å². The average Bonchev–Trinajstić information content (AvgIpc) is 2.65. The van der Waals surface area contributed by atoms with Crippen molar-refractivity contribution in [2.75, 3.05) is 11.9 Å². The van der Waals surface area contributed by atoms with Gasteiger partial charge in [-0.2, -0.15) is 0 Å². The van der Waals surface area contributed by atoms with Crippen LogP contribution in [0.2, 0.25) is 0 Å². The zero-order chi connectivity index (χ0) is 18.5. The maximum absolute atomic E-state index is 13.0. The van der Waals surface area contributed by atoms with Crippen LogP contribution in [0.3, 0.4) is 0 Å². The molecule has 136 valence electrons. The first kappa shape index (κ1) is 17.9. The molecule has 2 amide bonds. The largest absolute Gasteiger partial charge is 0.373 e. The highest BCUT2D eigenvalue weighted by Gasteiger charge is 2.25. The van der Waals surface area contributed by atoms with E-state index in [2.05, 4.69) is 10.6 Å². The minimum Gasteiger partial charge on any atom is -0.373 e. The molecular weight excluding hydrogens is 333 g/mol. The number of hydrogen-bond acceptors (Lipinski definition) is 3. The molecule has 0 radical (unpaired) electrons. The molecule has 1 aliphatic heterocycles. The second kappa shape index (κ2) is 7.99. The molecule has 1 aliphatic rings. The maximum atomic E-state index is 13.0. The molecule has 0 bridgehead atoms. The van der Waals surface area contributed by atoms with Gasteiger partial charge in [0, 0.05) is 12.2 Å². The summed E-state index contributed by atoms with van der Waals surface area (Å²) in [6.45, 7) is 0.158. The second-order valence-electron chi connectivity index (χ2n) is 6.57. The fraction of sp³-hybridized carbons (Fsp3) is 0.300. The number of halogens is 1. The summed E-state index contributed by atoms with van der Waals surface area (Å²) >= 11 is 0. The van der Waals surface area contributed by atoms with Crippen LogP contribution in [0.15, 0.2) is 48.5 Å². The van der Waals surface area contributed by atoms with Crippen LogP contribution in [0.1, 0.15) is 17.5 Å². The van der Waals surface area contributed by atoms with Crippen LogP contribution in [0.4, 0.5) is 10.1 Å². The number of fused-ring (bicyclic) bond motifs is 1. The molecule has 2 unspecified atom stereocenters. The Morgan fingerprint density at radius 2 is 1.92 bits per heavy atom. The van der Waals surface area contributed by atoms with Crippen LogP contribution in [-0.2, 0) is 22.4 Å². The summed E-state index contributed by atoms with van der Waals surface area (Å²) in [7, 11) is 0. The smallest absolute Gasteiger partial charge is 0.242 e. The first-order chi connectivity index (χ1) is 12.5. The number of hydrogen-bond donors (Lipinski definition) is 3. The van der Waals surface area contributed by atoms with Crippen LogP contribution in [0, 0.1) is 11.7 Å². The summed E-state index contributed by atoms with van der Waals surface area (Å²) in [5.41, 5.74) is 8.43. The molecule has 1 heterocycles. The van der Waals surface area contributed by atoms with Crippen molar-refractivity contribution in [2.45, 2.75) is 25.3 Å². The Hall–Kier alpha value is -2.89. The molecular formula is C20H22FN3O2. The molecule has 0 saturated heterocycles. The number of nitrogens with one attached hydrogen (secondary N) is 2. The molecule has 2 aromatic carbocycles. The first-order valence-electron chi connectivity index (χ1n) is 8.69. The second-order valence-corrected chi connectivity index (χ2v) is 6.57. The van der Waals surface area contributed by atoms with Crippen molar-refractivity contribution in [3.8, 4) is 0 Å². The zero-order valence-electron chi connectivity index (χ0n) is 14.4. The van der Waals surface area contributed by atoms with Gasteiger partial charge in [0.25, 0.3) is 0 Å². The summed E-state index contributed by atoms with van der Waals surface area (Å²) in [5, 5.41) is 6.06. The average molecular weight is 355 g/mol. The standard InChI is InChI=1S/C20H22FN3O2/c21-16-8-5-13(6-9-16)11-15(19(22)25)12-23-20(26)18-10-7-14-3-1-2-4-17(14)24-18/h1-6,8-9,15,18,24H,7,10-12H2,(H2,22,25)(H,23,26). The van der Waals surface area contributed by atoms with E-state index in [1.807, 2.05) is 24.3 Å². The molecule has 0 saturated carbocycles. The van der Waals surface area contributed by atoms with E-state index in [4.69, 9.17) is 5.73 Å². The Balaban J connectivity index is 1.56. The normalized spacial score (nSPS) is 16.9. The lowest BCUT2D eigenvalue weighted by molar-refractivity contribution is -0.123. The Morgan fingerprint density at radius 3 is 2.65 bits per heavy atom. The van der Waals surface area contributed by atoms with Crippen molar-refractivity contribution < 1.29 is 14.0 Å². The van der Waals surface area contributed by atoms with Gasteiger partial charge in [0.2, 0.25) is 11.8 Å². The lowest BCUT2D eigenvalue weighted by Crippen LogP contribution is -2.45. The monoisotopic (exact) mass is 355 g/mol. The van der Waals surface area contributed by atoms with Crippen molar-refractivity contribution in [3.63, 3.8) is 0 Å². The summed E-state index contributed by atoms with van der Waals surface area (Å²) in [5.74, 6) is -1.51. The van der Waals surface area contributed by atoms with Gasteiger partial charge in [-0.05, 0) is 48.6 Å². The molecule has 0 fully saturated rings. The SMILES string of the molecule is NC(=O)C(CNC(=O)C1CCc2ccccc2N1)Cc1ccc(F)cc1. The third-order valence-electron chi connectivity index (χ3n) is 4.69. The minimum atomic E-state index is -0.541. The number of nitrogens with two attached hydrogens (primary N) is 1. The molecule has 2 atom stereocenters. The summed E-state index contributed by atoms with van der Waals surface area (Å²) in [6.07, 6.45) is 1.88. The minimum absolute atomic E-state index is 0.148. The third-order valence-corrected chi connectivity index (χ3v) is 4.69. The number of benzene rings is 2. The Labute approximate surface area is 151 Å². The topological polar surface area (TPSA) is 84.2 Å². The highest BCUT2D eigenvalue weighted by atomic mass is 19.1. The molecule has 26 heavy (non-hydrogen) atoms. The number of carbonyl (C=O) groups excluding carboxylic acids is 2. The maximum Gasteiger partial charge on any atom is 0.242 e. The number of carbonyl (C=O) groups is 2. The van der Waals surface area contributed by atoms with E-state index in [9.17, 15) is 14.0 Å². The van der Waals surface area contributed by atoms with Gasteiger partial charge in [0.1, 0.15) is 11.9 Å². The van der Waals surface area contributed by atoms with Gasteiger partial charge in [-0.1, -0.05) is 30.3 Å². The van der Waals surface area contributed by atoms with Gasteiger partial charge < -0.3 is 16.4 Å². The van der Waals surface area contributed by atoms with Crippen LogP contribution < -0.4 is 16.4 Å². The fourth-order valence-corrected chi connectivity index (χ4v) is 3.16. The van der Waals surface area contributed by atoms with Crippen LogP contribution in [-0.4, -0.2) is 24.4 Å². The van der Waals surface area contributed by atoms with Crippen molar-refractivity contribution in [3.05, 3.63) is 65.5 Å². The van der Waals surface area contributed by atoms with Crippen molar-refractivity contribution in [1.29, 1.82) is 0 Å². The van der Waals surface area contributed by atoms with E-state index in [-0.39, 0.29) is 24.3 Å². The number of amides is 2. The van der Waals surface area contributed by atoms with Gasteiger partial charge in [-0.25, -0.2) is 4.39 Å². The van der Waals surface area contributed by atoms with Gasteiger partial charge in [-0.3, -0.25) is 9.59 Å². The summed E-state index contributed by atoms with van der Waals surface area (Å²) in [6, 6.07) is 13.5. The van der Waals surface area contributed by atoms with E-state index >= 15 is 0 Å².